The van der Waals surface area contributed by atoms with E-state index in [1.807, 2.05) is 55.1 Å². The van der Waals surface area contributed by atoms with Gasteiger partial charge in [0.25, 0.3) is 5.91 Å². The van der Waals surface area contributed by atoms with E-state index in [0.29, 0.717) is 19.9 Å². The summed E-state index contributed by atoms with van der Waals surface area (Å²) in [5, 5.41) is 0. The molecule has 2 aromatic carbocycles. The third-order valence-corrected chi connectivity index (χ3v) is 5.21. The smallest absolute Gasteiger partial charge is 0.263 e. The summed E-state index contributed by atoms with van der Waals surface area (Å²) in [5.41, 5.74) is 2.37. The molecule has 2 aliphatic heterocycles. The lowest BCUT2D eigenvalue weighted by Crippen LogP contribution is -2.51. The van der Waals surface area contributed by atoms with Crippen LogP contribution in [0.2, 0.25) is 0 Å². The molecular weight excluding hydrogens is 356 g/mol. The number of rotatable bonds is 5. The van der Waals surface area contributed by atoms with Crippen LogP contribution in [0.4, 0.5) is 0 Å². The largest absolute Gasteiger partial charge is 0.481 e. The summed E-state index contributed by atoms with van der Waals surface area (Å²) in [7, 11) is 0. The second-order valence-electron chi connectivity index (χ2n) is 7.36. The number of aryl methyl sites for hydroxylation is 1. The fraction of sp³-hybridized carbons (Fsp3) is 0.409. The van der Waals surface area contributed by atoms with Crippen molar-refractivity contribution in [2.75, 3.05) is 33.0 Å². The highest BCUT2D eigenvalue weighted by Crippen LogP contribution is 2.32. The van der Waals surface area contributed by atoms with Gasteiger partial charge in [-0.2, -0.15) is 0 Å². The van der Waals surface area contributed by atoms with Crippen LogP contribution in [0.3, 0.4) is 0 Å². The molecule has 2 aromatic rings. The second kappa shape index (κ2) is 8.10. The quantitative estimate of drug-likeness (QED) is 0.796. The number of nitrogens with zero attached hydrogens (tertiary/aromatic N) is 2. The fourth-order valence-corrected chi connectivity index (χ4v) is 3.55. The molecule has 0 radical (unpaired) electrons. The maximum Gasteiger partial charge on any atom is 0.263 e. The van der Waals surface area contributed by atoms with Gasteiger partial charge in [-0.15, -0.1) is 0 Å². The van der Waals surface area contributed by atoms with E-state index >= 15 is 0 Å². The van der Waals surface area contributed by atoms with E-state index in [1.165, 1.54) is 11.1 Å². The van der Waals surface area contributed by atoms with Gasteiger partial charge in [0, 0.05) is 32.7 Å². The summed E-state index contributed by atoms with van der Waals surface area (Å²) in [6.45, 7) is 8.10. The van der Waals surface area contributed by atoms with E-state index in [1.54, 1.807) is 0 Å². The highest BCUT2D eigenvalue weighted by molar-refractivity contribution is 5.81. The first kappa shape index (κ1) is 18.6. The van der Waals surface area contributed by atoms with Crippen LogP contribution in [-0.4, -0.2) is 54.8 Å². The van der Waals surface area contributed by atoms with Crippen LogP contribution in [0.15, 0.2) is 42.5 Å². The average molecular weight is 382 g/mol. The monoisotopic (exact) mass is 382 g/mol. The first-order valence-corrected chi connectivity index (χ1v) is 9.71. The minimum atomic E-state index is -0.483. The average Bonchev–Trinajstić information content (AvgIpc) is 3.17. The summed E-state index contributed by atoms with van der Waals surface area (Å²) in [5.74, 6) is 2.39. The number of hydrogen-bond donors (Lipinski definition) is 0. The Kier molecular flexibility index (Phi) is 5.39. The van der Waals surface area contributed by atoms with Gasteiger partial charge in [0.2, 0.25) is 6.79 Å². The van der Waals surface area contributed by atoms with Gasteiger partial charge in [-0.3, -0.25) is 9.69 Å². The number of carbonyl (C=O) groups excluding carboxylic acids is 1. The number of fused-ring (bicyclic) bond motifs is 1. The summed E-state index contributed by atoms with van der Waals surface area (Å²) < 4.78 is 16.6. The molecule has 1 fully saturated rings. The number of carbonyl (C=O) groups is 1. The lowest BCUT2D eigenvalue weighted by atomic mass is 10.1. The van der Waals surface area contributed by atoms with E-state index in [4.69, 9.17) is 14.2 Å². The van der Waals surface area contributed by atoms with Crippen molar-refractivity contribution in [1.29, 1.82) is 0 Å². The second-order valence-corrected chi connectivity index (χ2v) is 7.36. The van der Waals surface area contributed by atoms with Crippen molar-refractivity contribution in [1.82, 2.24) is 9.80 Å². The Morgan fingerprint density at radius 1 is 1.04 bits per heavy atom. The van der Waals surface area contributed by atoms with Crippen LogP contribution in [-0.2, 0) is 11.3 Å². The molecular formula is C22H26N2O4. The predicted molar refractivity (Wildman–Crippen MR) is 106 cm³/mol. The molecule has 0 N–H and O–H groups in total. The van der Waals surface area contributed by atoms with Gasteiger partial charge in [-0.1, -0.05) is 23.8 Å². The molecule has 0 aliphatic carbocycles. The molecule has 2 heterocycles. The summed E-state index contributed by atoms with van der Waals surface area (Å²) in [6.07, 6.45) is -0.483. The van der Waals surface area contributed by atoms with Gasteiger partial charge in [-0.25, -0.2) is 0 Å². The van der Waals surface area contributed by atoms with Crippen LogP contribution in [0.25, 0.3) is 0 Å². The summed E-state index contributed by atoms with van der Waals surface area (Å²) in [6, 6.07) is 13.9. The lowest BCUT2D eigenvalue weighted by molar-refractivity contribution is -0.139. The number of piperazine rings is 1. The molecule has 1 atom stereocenters. The van der Waals surface area contributed by atoms with E-state index < -0.39 is 6.10 Å². The zero-order chi connectivity index (χ0) is 19.5. The topological polar surface area (TPSA) is 51.2 Å². The Labute approximate surface area is 165 Å². The first-order valence-electron chi connectivity index (χ1n) is 9.71. The molecule has 0 bridgehead atoms. The van der Waals surface area contributed by atoms with Crippen molar-refractivity contribution in [2.45, 2.75) is 26.5 Å². The Morgan fingerprint density at radius 2 is 1.75 bits per heavy atom. The number of hydrogen-bond acceptors (Lipinski definition) is 5. The maximum absolute atomic E-state index is 12.7. The van der Waals surface area contributed by atoms with Crippen molar-refractivity contribution in [3.05, 3.63) is 53.6 Å². The van der Waals surface area contributed by atoms with Gasteiger partial charge in [0.05, 0.1) is 0 Å². The van der Waals surface area contributed by atoms with Crippen LogP contribution < -0.4 is 14.2 Å². The van der Waals surface area contributed by atoms with Crippen molar-refractivity contribution < 1.29 is 19.0 Å². The molecule has 6 nitrogen and oxygen atoms in total. The highest BCUT2D eigenvalue weighted by Gasteiger charge is 2.26. The Hall–Kier alpha value is -2.73. The van der Waals surface area contributed by atoms with Crippen LogP contribution >= 0.6 is 0 Å². The number of ether oxygens (including phenoxy) is 3. The highest BCUT2D eigenvalue weighted by atomic mass is 16.7. The Balaban J connectivity index is 1.27. The van der Waals surface area contributed by atoms with Crippen LogP contribution in [0.1, 0.15) is 18.1 Å². The van der Waals surface area contributed by atoms with Crippen LogP contribution in [0, 0.1) is 6.92 Å². The van der Waals surface area contributed by atoms with E-state index in [9.17, 15) is 4.79 Å². The minimum Gasteiger partial charge on any atom is -0.481 e. The van der Waals surface area contributed by atoms with Gasteiger partial charge in [0.1, 0.15) is 5.75 Å². The zero-order valence-electron chi connectivity index (χ0n) is 16.4. The van der Waals surface area contributed by atoms with Crippen molar-refractivity contribution in [3.63, 3.8) is 0 Å². The Bertz CT molecular complexity index is 829. The summed E-state index contributed by atoms with van der Waals surface area (Å²) >= 11 is 0. The molecule has 28 heavy (non-hydrogen) atoms. The SMILES string of the molecule is Cc1ccc(O[C@H](C)C(=O)N2CCN(Cc3ccc4c(c3)OCO4)CC2)cc1. The van der Waals surface area contributed by atoms with Crippen molar-refractivity contribution in [2.24, 2.45) is 0 Å². The van der Waals surface area contributed by atoms with E-state index in [2.05, 4.69) is 11.0 Å². The van der Waals surface area contributed by atoms with Gasteiger partial charge < -0.3 is 19.1 Å². The third kappa shape index (κ3) is 4.22. The molecule has 148 valence electrons. The molecule has 0 spiro atoms. The molecule has 6 heteroatoms. The molecule has 1 amide bonds. The number of amides is 1. The zero-order valence-corrected chi connectivity index (χ0v) is 16.4. The molecule has 0 aromatic heterocycles. The predicted octanol–water partition coefficient (Wildman–Crippen LogP) is 2.84. The normalized spacial score (nSPS) is 17.4. The molecule has 4 rings (SSSR count). The van der Waals surface area contributed by atoms with Crippen LogP contribution in [0.5, 0.6) is 17.2 Å². The standard InChI is InChI=1S/C22H26N2O4/c1-16-3-6-19(7-4-16)28-17(2)22(25)24-11-9-23(10-12-24)14-18-5-8-20-21(13-18)27-15-26-20/h3-8,13,17H,9-12,14-15H2,1-2H3/t17-/m1/s1. The maximum atomic E-state index is 12.7. The number of benzene rings is 2. The van der Waals surface area contributed by atoms with Gasteiger partial charge in [0.15, 0.2) is 17.6 Å². The van der Waals surface area contributed by atoms with E-state index in [0.717, 1.165) is 36.9 Å². The molecule has 0 saturated carbocycles. The Morgan fingerprint density at radius 3 is 2.50 bits per heavy atom. The van der Waals surface area contributed by atoms with E-state index in [-0.39, 0.29) is 5.91 Å². The molecule has 2 aliphatic rings. The molecule has 1 saturated heterocycles. The van der Waals surface area contributed by atoms with Crippen molar-refractivity contribution >= 4 is 5.91 Å². The van der Waals surface area contributed by atoms with Gasteiger partial charge in [-0.05, 0) is 43.7 Å². The molecule has 0 unspecified atom stereocenters. The van der Waals surface area contributed by atoms with Crippen molar-refractivity contribution in [3.8, 4) is 17.2 Å². The lowest BCUT2D eigenvalue weighted by Gasteiger charge is -2.35. The van der Waals surface area contributed by atoms with Gasteiger partial charge >= 0.3 is 0 Å². The third-order valence-electron chi connectivity index (χ3n) is 5.21. The fourth-order valence-electron chi connectivity index (χ4n) is 3.55. The summed E-state index contributed by atoms with van der Waals surface area (Å²) in [4.78, 5) is 17.0. The minimum absolute atomic E-state index is 0.0447. The first-order chi connectivity index (χ1) is 13.6.